The van der Waals surface area contributed by atoms with E-state index in [-0.39, 0.29) is 18.0 Å². The highest BCUT2D eigenvalue weighted by atomic mass is 16.5. The summed E-state index contributed by atoms with van der Waals surface area (Å²) in [5.74, 6) is -0.313. The molecule has 0 aliphatic rings. The van der Waals surface area contributed by atoms with Crippen LogP contribution in [0.25, 0.3) is 21.9 Å². The van der Waals surface area contributed by atoms with Crippen molar-refractivity contribution >= 4 is 45.2 Å². The zero-order chi connectivity index (χ0) is 21.8. The minimum Gasteiger partial charge on any atom is -0.495 e. The zero-order valence-electron chi connectivity index (χ0n) is 16.9. The Morgan fingerprint density at radius 1 is 1.13 bits per heavy atom. The molecule has 0 spiro atoms. The highest BCUT2D eigenvalue weighted by molar-refractivity contribution is 6.10. The van der Waals surface area contributed by atoms with Crippen LogP contribution in [0.1, 0.15) is 23.8 Å². The molecular weight excluding hydrogens is 398 g/mol. The molecule has 4 rings (SSSR count). The second-order valence-corrected chi connectivity index (χ2v) is 6.75. The molecular formula is C22H19N5O4. The fourth-order valence-corrected chi connectivity index (χ4v) is 3.10. The van der Waals surface area contributed by atoms with Gasteiger partial charge in [-0.3, -0.25) is 14.6 Å². The van der Waals surface area contributed by atoms with E-state index in [1.165, 1.54) is 25.7 Å². The van der Waals surface area contributed by atoms with E-state index in [1.54, 1.807) is 13.0 Å². The number of anilines is 1. The van der Waals surface area contributed by atoms with Crippen LogP contribution in [0.4, 0.5) is 5.69 Å². The number of para-hydroxylation sites is 1. The fraction of sp³-hybridized carbons (Fsp3) is 0.136. The van der Waals surface area contributed by atoms with Gasteiger partial charge >= 0.3 is 0 Å². The number of ether oxygens (including phenoxy) is 1. The van der Waals surface area contributed by atoms with Crippen molar-refractivity contribution in [2.75, 3.05) is 12.4 Å². The quantitative estimate of drug-likeness (QED) is 0.366. The summed E-state index contributed by atoms with van der Waals surface area (Å²) in [5.41, 5.74) is 4.78. The molecule has 4 aromatic rings. The van der Waals surface area contributed by atoms with Crippen LogP contribution in [0, 0.1) is 0 Å². The van der Waals surface area contributed by atoms with Gasteiger partial charge in [0, 0.05) is 34.9 Å². The van der Waals surface area contributed by atoms with Gasteiger partial charge in [-0.05, 0) is 19.1 Å². The van der Waals surface area contributed by atoms with E-state index < -0.39 is 5.91 Å². The number of carbonyl (C=O) groups excluding carboxylic acids is 2. The second kappa shape index (κ2) is 8.62. The van der Waals surface area contributed by atoms with Crippen LogP contribution in [-0.4, -0.2) is 34.6 Å². The summed E-state index contributed by atoms with van der Waals surface area (Å²) in [6.45, 7) is 1.64. The Labute approximate surface area is 177 Å². The highest BCUT2D eigenvalue weighted by Gasteiger charge is 2.15. The predicted octanol–water partition coefficient (Wildman–Crippen LogP) is 3.52. The molecule has 0 aliphatic heterocycles. The molecule has 0 saturated heterocycles. The lowest BCUT2D eigenvalue weighted by Gasteiger charge is -2.10. The van der Waals surface area contributed by atoms with Crippen LogP contribution in [0.3, 0.4) is 0 Å². The molecule has 0 aliphatic carbocycles. The number of amides is 2. The average molecular weight is 417 g/mol. The third-order valence-corrected chi connectivity index (χ3v) is 4.53. The third-order valence-electron chi connectivity index (χ3n) is 4.53. The fourth-order valence-electron chi connectivity index (χ4n) is 3.10. The number of hydrogen-bond donors (Lipinski definition) is 2. The summed E-state index contributed by atoms with van der Waals surface area (Å²) in [6.07, 6.45) is 4.17. The van der Waals surface area contributed by atoms with E-state index >= 15 is 0 Å². The lowest BCUT2D eigenvalue weighted by Crippen LogP contribution is -2.22. The van der Waals surface area contributed by atoms with Crippen molar-refractivity contribution in [2.45, 2.75) is 13.3 Å². The van der Waals surface area contributed by atoms with Crippen LogP contribution in [0.5, 0.6) is 5.75 Å². The van der Waals surface area contributed by atoms with Crippen LogP contribution in [0.2, 0.25) is 0 Å². The first-order valence-corrected chi connectivity index (χ1v) is 9.44. The van der Waals surface area contributed by atoms with E-state index in [2.05, 4.69) is 25.8 Å². The first-order valence-electron chi connectivity index (χ1n) is 9.44. The molecule has 0 unspecified atom stereocenters. The molecule has 9 heteroatoms. The molecule has 2 heterocycles. The zero-order valence-corrected chi connectivity index (χ0v) is 16.9. The Morgan fingerprint density at radius 2 is 1.97 bits per heavy atom. The van der Waals surface area contributed by atoms with Gasteiger partial charge in [0.15, 0.2) is 0 Å². The second-order valence-electron chi connectivity index (χ2n) is 6.75. The lowest BCUT2D eigenvalue weighted by atomic mass is 10.1. The Hall–Kier alpha value is -4.27. The van der Waals surface area contributed by atoms with Crippen molar-refractivity contribution in [2.24, 2.45) is 5.10 Å². The average Bonchev–Trinajstić information content (AvgIpc) is 3.14. The Bertz CT molecular complexity index is 1300. The van der Waals surface area contributed by atoms with Crippen molar-refractivity contribution in [1.82, 2.24) is 15.4 Å². The maximum Gasteiger partial charge on any atom is 0.291 e. The number of hydrazone groups is 1. The van der Waals surface area contributed by atoms with Gasteiger partial charge in [0.25, 0.3) is 5.91 Å². The van der Waals surface area contributed by atoms with Gasteiger partial charge in [-0.25, -0.2) is 10.4 Å². The molecule has 0 atom stereocenters. The van der Waals surface area contributed by atoms with Crippen molar-refractivity contribution in [3.63, 3.8) is 0 Å². The molecule has 0 bridgehead atoms. The Balaban J connectivity index is 1.47. The van der Waals surface area contributed by atoms with Gasteiger partial charge in [-0.1, -0.05) is 18.2 Å². The summed E-state index contributed by atoms with van der Waals surface area (Å²) in [7, 11) is 1.54. The van der Waals surface area contributed by atoms with Crippen LogP contribution in [0.15, 0.2) is 64.5 Å². The number of rotatable bonds is 6. The van der Waals surface area contributed by atoms with Gasteiger partial charge in [0.2, 0.25) is 5.91 Å². The number of aromatic nitrogens is 2. The Morgan fingerprint density at radius 3 is 2.74 bits per heavy atom. The SMILES string of the molecule is COc1cc2c(cc1NC(=O)C/C(C)=N\NC(=O)c1cnccn1)oc1ccccc12. The molecule has 2 amide bonds. The largest absolute Gasteiger partial charge is 0.495 e. The topological polar surface area (TPSA) is 119 Å². The third kappa shape index (κ3) is 4.35. The molecule has 0 radical (unpaired) electrons. The summed E-state index contributed by atoms with van der Waals surface area (Å²) in [6, 6.07) is 11.2. The number of hydrogen-bond acceptors (Lipinski definition) is 7. The summed E-state index contributed by atoms with van der Waals surface area (Å²) < 4.78 is 11.3. The van der Waals surface area contributed by atoms with Gasteiger partial charge in [0.05, 0.1) is 25.4 Å². The van der Waals surface area contributed by atoms with Crippen molar-refractivity contribution < 1.29 is 18.7 Å². The molecule has 31 heavy (non-hydrogen) atoms. The van der Waals surface area contributed by atoms with E-state index in [1.807, 2.05) is 30.3 Å². The van der Waals surface area contributed by atoms with Crippen LogP contribution >= 0.6 is 0 Å². The van der Waals surface area contributed by atoms with Gasteiger partial charge in [-0.15, -0.1) is 0 Å². The summed E-state index contributed by atoms with van der Waals surface area (Å²) in [4.78, 5) is 32.2. The normalized spacial score (nSPS) is 11.5. The number of carbonyl (C=O) groups is 2. The van der Waals surface area contributed by atoms with Gasteiger partial charge in [-0.2, -0.15) is 5.10 Å². The molecule has 0 saturated carbocycles. The van der Waals surface area contributed by atoms with Crippen molar-refractivity contribution in [3.8, 4) is 5.75 Å². The number of nitrogens with one attached hydrogen (secondary N) is 2. The summed E-state index contributed by atoms with van der Waals surface area (Å²) >= 11 is 0. The maximum absolute atomic E-state index is 12.5. The van der Waals surface area contributed by atoms with Gasteiger partial charge < -0.3 is 14.5 Å². The number of methoxy groups -OCH3 is 1. The summed E-state index contributed by atoms with van der Waals surface area (Å²) in [5, 5.41) is 8.62. The Kier molecular flexibility index (Phi) is 5.57. The van der Waals surface area contributed by atoms with Crippen LogP contribution < -0.4 is 15.5 Å². The van der Waals surface area contributed by atoms with E-state index in [0.29, 0.717) is 22.7 Å². The molecule has 0 fully saturated rings. The number of furan rings is 1. The smallest absolute Gasteiger partial charge is 0.291 e. The van der Waals surface area contributed by atoms with Gasteiger partial charge in [0.1, 0.15) is 22.6 Å². The molecule has 9 nitrogen and oxygen atoms in total. The lowest BCUT2D eigenvalue weighted by molar-refractivity contribution is -0.115. The van der Waals surface area contributed by atoms with Crippen molar-refractivity contribution in [3.05, 3.63) is 60.7 Å². The number of benzene rings is 2. The number of nitrogens with zero attached hydrogens (tertiary/aromatic N) is 3. The first-order chi connectivity index (χ1) is 15.0. The minimum atomic E-state index is -0.509. The van der Waals surface area contributed by atoms with Crippen LogP contribution in [-0.2, 0) is 4.79 Å². The van der Waals surface area contributed by atoms with E-state index in [9.17, 15) is 9.59 Å². The van der Waals surface area contributed by atoms with E-state index in [0.717, 1.165) is 16.4 Å². The predicted molar refractivity (Wildman–Crippen MR) is 116 cm³/mol. The molecule has 2 N–H and O–H groups in total. The molecule has 2 aromatic carbocycles. The highest BCUT2D eigenvalue weighted by Crippen LogP contribution is 2.36. The monoisotopic (exact) mass is 417 g/mol. The number of fused-ring (bicyclic) bond motifs is 3. The molecule has 156 valence electrons. The first kappa shape index (κ1) is 20.0. The van der Waals surface area contributed by atoms with E-state index in [4.69, 9.17) is 9.15 Å². The van der Waals surface area contributed by atoms with Crippen molar-refractivity contribution in [1.29, 1.82) is 0 Å². The molecule has 2 aromatic heterocycles. The maximum atomic E-state index is 12.5. The minimum absolute atomic E-state index is 0.0257. The standard InChI is InChI=1S/C22H19N5O4/c1-13(26-27-22(29)17-12-23-7-8-24-17)9-21(28)25-16-11-19-15(10-20(16)30-2)14-5-3-4-6-18(14)31-19/h3-8,10-12H,9H2,1-2H3,(H,25,28)(H,27,29)/b26-13-.